The normalized spacial score (nSPS) is 10.6. The van der Waals surface area contributed by atoms with Crippen LogP contribution >= 0.6 is 11.3 Å². The number of methoxy groups -OCH3 is 2. The number of anilines is 1. The fourth-order valence-electron chi connectivity index (χ4n) is 2.12. The van der Waals surface area contributed by atoms with E-state index in [1.54, 1.807) is 50.8 Å². The number of rotatable bonds is 6. The molecule has 0 radical (unpaired) electrons. The summed E-state index contributed by atoms with van der Waals surface area (Å²) in [5.41, 5.74) is 7.14. The standard InChI is InChI=1S/C17H18N2O4S/c1-10-9-24-17(15(10)16(18)21)19-14(20)7-5-11-4-6-12(22-2)8-13(11)23-3/h4-9H,1-3H3,(H2,18,21)(H,19,20). The van der Waals surface area contributed by atoms with Crippen molar-refractivity contribution < 1.29 is 19.1 Å². The summed E-state index contributed by atoms with van der Waals surface area (Å²) in [6.07, 6.45) is 2.99. The molecular weight excluding hydrogens is 328 g/mol. The number of hydrogen-bond acceptors (Lipinski definition) is 5. The molecule has 0 aliphatic carbocycles. The van der Waals surface area contributed by atoms with Gasteiger partial charge in [0.1, 0.15) is 16.5 Å². The molecule has 0 spiro atoms. The Labute approximate surface area is 143 Å². The van der Waals surface area contributed by atoms with Crippen LogP contribution in [0.1, 0.15) is 21.5 Å². The van der Waals surface area contributed by atoms with Crippen molar-refractivity contribution in [1.29, 1.82) is 0 Å². The summed E-state index contributed by atoms with van der Waals surface area (Å²) in [5, 5.41) is 4.88. The van der Waals surface area contributed by atoms with E-state index in [9.17, 15) is 9.59 Å². The molecule has 3 N–H and O–H groups in total. The van der Waals surface area contributed by atoms with Crippen LogP contribution < -0.4 is 20.5 Å². The lowest BCUT2D eigenvalue weighted by Crippen LogP contribution is -2.16. The monoisotopic (exact) mass is 346 g/mol. The van der Waals surface area contributed by atoms with Crippen molar-refractivity contribution in [2.45, 2.75) is 6.92 Å². The van der Waals surface area contributed by atoms with E-state index in [0.717, 1.165) is 11.1 Å². The number of carbonyl (C=O) groups is 2. The molecule has 2 rings (SSSR count). The average Bonchev–Trinajstić information content (AvgIpc) is 2.93. The van der Waals surface area contributed by atoms with Gasteiger partial charge in [-0.15, -0.1) is 11.3 Å². The molecule has 126 valence electrons. The number of nitrogens with two attached hydrogens (primary N) is 1. The predicted octanol–water partition coefficient (Wildman–Crippen LogP) is 2.82. The minimum Gasteiger partial charge on any atom is -0.497 e. The summed E-state index contributed by atoms with van der Waals surface area (Å²) >= 11 is 1.26. The molecule has 2 aromatic rings. The Morgan fingerprint density at radius 1 is 1.25 bits per heavy atom. The summed E-state index contributed by atoms with van der Waals surface area (Å²) in [6, 6.07) is 5.28. The first kappa shape index (κ1) is 17.6. The molecule has 1 aromatic heterocycles. The van der Waals surface area contributed by atoms with Crippen LogP contribution in [-0.2, 0) is 4.79 Å². The van der Waals surface area contributed by atoms with Gasteiger partial charge in [-0.3, -0.25) is 9.59 Å². The molecule has 0 unspecified atom stereocenters. The number of benzene rings is 1. The molecule has 0 atom stereocenters. The Morgan fingerprint density at radius 3 is 2.62 bits per heavy atom. The van der Waals surface area contributed by atoms with E-state index in [1.165, 1.54) is 17.4 Å². The topological polar surface area (TPSA) is 90.6 Å². The van der Waals surface area contributed by atoms with Crippen LogP contribution in [0, 0.1) is 6.92 Å². The van der Waals surface area contributed by atoms with Crippen LogP contribution in [0.15, 0.2) is 29.7 Å². The van der Waals surface area contributed by atoms with Crippen molar-refractivity contribution >= 4 is 34.2 Å². The lowest BCUT2D eigenvalue weighted by molar-refractivity contribution is -0.111. The van der Waals surface area contributed by atoms with Gasteiger partial charge in [0, 0.05) is 17.7 Å². The third-order valence-electron chi connectivity index (χ3n) is 3.31. The van der Waals surface area contributed by atoms with Gasteiger partial charge in [0.25, 0.3) is 5.91 Å². The number of nitrogens with one attached hydrogen (secondary N) is 1. The smallest absolute Gasteiger partial charge is 0.251 e. The first-order valence-electron chi connectivity index (χ1n) is 7.05. The van der Waals surface area contributed by atoms with Crippen LogP contribution in [0.4, 0.5) is 5.00 Å². The molecule has 1 heterocycles. The minimum atomic E-state index is -0.565. The van der Waals surface area contributed by atoms with E-state index in [4.69, 9.17) is 15.2 Å². The summed E-state index contributed by atoms with van der Waals surface area (Å²) in [4.78, 5) is 23.5. The highest BCUT2D eigenvalue weighted by molar-refractivity contribution is 7.15. The quantitative estimate of drug-likeness (QED) is 0.787. The second kappa shape index (κ2) is 7.65. The number of amides is 2. The van der Waals surface area contributed by atoms with Crippen LogP contribution in [0.2, 0.25) is 0 Å². The van der Waals surface area contributed by atoms with Gasteiger partial charge < -0.3 is 20.5 Å². The molecule has 24 heavy (non-hydrogen) atoms. The first-order valence-corrected chi connectivity index (χ1v) is 7.93. The Bertz CT molecular complexity index is 796. The number of ether oxygens (including phenoxy) is 2. The highest BCUT2D eigenvalue weighted by atomic mass is 32.1. The van der Waals surface area contributed by atoms with Gasteiger partial charge in [-0.25, -0.2) is 0 Å². The van der Waals surface area contributed by atoms with Crippen LogP contribution in [0.3, 0.4) is 0 Å². The first-order chi connectivity index (χ1) is 11.5. The van der Waals surface area contributed by atoms with E-state index in [2.05, 4.69) is 5.32 Å². The molecule has 6 nitrogen and oxygen atoms in total. The van der Waals surface area contributed by atoms with Crippen molar-refractivity contribution in [3.8, 4) is 11.5 Å². The molecule has 0 bridgehead atoms. The maximum absolute atomic E-state index is 12.1. The third kappa shape index (κ3) is 3.94. The number of carbonyl (C=O) groups excluding carboxylic acids is 2. The van der Waals surface area contributed by atoms with Crippen LogP contribution in [0.5, 0.6) is 11.5 Å². The van der Waals surface area contributed by atoms with Gasteiger partial charge >= 0.3 is 0 Å². The molecule has 7 heteroatoms. The highest BCUT2D eigenvalue weighted by Gasteiger charge is 2.15. The number of primary amides is 1. The Morgan fingerprint density at radius 2 is 2.00 bits per heavy atom. The molecule has 0 aliphatic heterocycles. The van der Waals surface area contributed by atoms with Gasteiger partial charge in [0.05, 0.1) is 19.8 Å². The average molecular weight is 346 g/mol. The molecular formula is C17H18N2O4S. The number of thiophene rings is 1. The van der Waals surface area contributed by atoms with E-state index >= 15 is 0 Å². The van der Waals surface area contributed by atoms with Gasteiger partial charge in [0.2, 0.25) is 5.91 Å². The second-order valence-corrected chi connectivity index (χ2v) is 5.80. The largest absolute Gasteiger partial charge is 0.497 e. The molecule has 0 aliphatic rings. The Balaban J connectivity index is 2.16. The Kier molecular flexibility index (Phi) is 5.59. The molecule has 0 saturated heterocycles. The minimum absolute atomic E-state index is 0.337. The van der Waals surface area contributed by atoms with Crippen molar-refractivity contribution in [3.05, 3.63) is 46.3 Å². The maximum atomic E-state index is 12.1. The van der Waals surface area contributed by atoms with Gasteiger partial charge in [0.15, 0.2) is 0 Å². The molecule has 0 saturated carbocycles. The van der Waals surface area contributed by atoms with Crippen LogP contribution in [0.25, 0.3) is 6.08 Å². The van der Waals surface area contributed by atoms with E-state index in [-0.39, 0.29) is 5.91 Å². The fourth-order valence-corrected chi connectivity index (χ4v) is 3.07. The predicted molar refractivity (Wildman–Crippen MR) is 94.8 cm³/mol. The summed E-state index contributed by atoms with van der Waals surface area (Å²) in [6.45, 7) is 1.77. The lowest BCUT2D eigenvalue weighted by Gasteiger charge is -2.07. The van der Waals surface area contributed by atoms with Crippen molar-refractivity contribution in [1.82, 2.24) is 0 Å². The van der Waals surface area contributed by atoms with E-state index in [0.29, 0.717) is 22.1 Å². The van der Waals surface area contributed by atoms with Gasteiger partial charge in [-0.05, 0) is 36.1 Å². The summed E-state index contributed by atoms with van der Waals surface area (Å²) < 4.78 is 10.4. The molecule has 1 aromatic carbocycles. The maximum Gasteiger partial charge on any atom is 0.251 e. The zero-order valence-corrected chi connectivity index (χ0v) is 14.4. The SMILES string of the molecule is COc1ccc(C=CC(=O)Nc2scc(C)c2C(N)=O)c(OC)c1. The van der Waals surface area contributed by atoms with E-state index < -0.39 is 5.91 Å². The zero-order valence-electron chi connectivity index (χ0n) is 13.6. The second-order valence-electron chi connectivity index (χ2n) is 4.92. The molecule has 0 fully saturated rings. The van der Waals surface area contributed by atoms with E-state index in [1.807, 2.05) is 0 Å². The lowest BCUT2D eigenvalue weighted by atomic mass is 10.1. The van der Waals surface area contributed by atoms with Crippen LogP contribution in [-0.4, -0.2) is 26.0 Å². The third-order valence-corrected chi connectivity index (χ3v) is 4.33. The number of aryl methyl sites for hydroxylation is 1. The van der Waals surface area contributed by atoms with Gasteiger partial charge in [-0.2, -0.15) is 0 Å². The molecule has 2 amide bonds. The van der Waals surface area contributed by atoms with Crippen molar-refractivity contribution in [2.24, 2.45) is 5.73 Å². The van der Waals surface area contributed by atoms with Crippen molar-refractivity contribution in [2.75, 3.05) is 19.5 Å². The number of hydrogen-bond donors (Lipinski definition) is 2. The van der Waals surface area contributed by atoms with Crippen molar-refractivity contribution in [3.63, 3.8) is 0 Å². The fraction of sp³-hybridized carbons (Fsp3) is 0.176. The summed E-state index contributed by atoms with van der Waals surface area (Å²) in [7, 11) is 3.11. The summed E-state index contributed by atoms with van der Waals surface area (Å²) in [5.74, 6) is 0.318. The Hall–Kier alpha value is -2.80. The van der Waals surface area contributed by atoms with Gasteiger partial charge in [-0.1, -0.05) is 0 Å². The zero-order chi connectivity index (χ0) is 17.7. The highest BCUT2D eigenvalue weighted by Crippen LogP contribution is 2.28.